The van der Waals surface area contributed by atoms with Gasteiger partial charge in [0.15, 0.2) is 11.2 Å². The van der Waals surface area contributed by atoms with E-state index in [0.717, 1.165) is 11.3 Å². The van der Waals surface area contributed by atoms with Crippen LogP contribution in [0.15, 0.2) is 78.9 Å². The molecule has 160 valence electrons. The molecule has 4 nitrogen and oxygen atoms in total. The maximum atomic E-state index is 14.0. The van der Waals surface area contributed by atoms with Crippen LogP contribution in [0.5, 0.6) is 0 Å². The molecule has 33 heavy (non-hydrogen) atoms. The summed E-state index contributed by atoms with van der Waals surface area (Å²) in [6.07, 6.45) is 3.72. The zero-order valence-electron chi connectivity index (χ0n) is 17.3. The second-order valence-corrected chi connectivity index (χ2v) is 8.64. The molecular weight excluding hydrogens is 437 g/mol. The highest BCUT2D eigenvalue weighted by molar-refractivity contribution is 6.30. The van der Waals surface area contributed by atoms with Gasteiger partial charge in [0.1, 0.15) is 11.9 Å². The molecule has 1 fully saturated rings. The van der Waals surface area contributed by atoms with Gasteiger partial charge in [0.2, 0.25) is 0 Å². The van der Waals surface area contributed by atoms with Gasteiger partial charge in [0, 0.05) is 22.2 Å². The molecule has 5 rings (SSSR count). The number of fused-ring (bicyclic) bond motifs is 3. The Hall–Kier alpha value is -3.93. The molecule has 1 saturated heterocycles. The number of rotatable bonds is 3. The maximum Gasteiger partial charge on any atom is 0.185 e. The fraction of sp³-hybridized carbons (Fsp3) is 0.148. The first-order valence-electron chi connectivity index (χ1n) is 10.4. The summed E-state index contributed by atoms with van der Waals surface area (Å²) in [6, 6.07) is 22.9. The molecule has 2 aliphatic rings. The molecule has 0 radical (unpaired) electrons. The van der Waals surface area contributed by atoms with E-state index in [0.29, 0.717) is 16.1 Å². The highest BCUT2D eigenvalue weighted by Gasteiger charge is 2.63. The lowest BCUT2D eigenvalue weighted by molar-refractivity contribution is 0.0951. The predicted molar refractivity (Wildman–Crippen MR) is 124 cm³/mol. The van der Waals surface area contributed by atoms with E-state index in [-0.39, 0.29) is 5.78 Å². The molecule has 2 heterocycles. The van der Waals surface area contributed by atoms with E-state index in [2.05, 4.69) is 12.1 Å². The number of hydrogen-bond donors (Lipinski definition) is 0. The van der Waals surface area contributed by atoms with E-state index in [1.807, 2.05) is 41.3 Å². The van der Waals surface area contributed by atoms with Gasteiger partial charge in [-0.1, -0.05) is 54.1 Å². The van der Waals surface area contributed by atoms with Crippen molar-refractivity contribution in [3.63, 3.8) is 0 Å². The van der Waals surface area contributed by atoms with Crippen molar-refractivity contribution in [2.24, 2.45) is 5.41 Å². The fourth-order valence-electron chi connectivity index (χ4n) is 5.06. The Labute approximate surface area is 195 Å². The summed E-state index contributed by atoms with van der Waals surface area (Å²) in [6.45, 7) is 0. The van der Waals surface area contributed by atoms with Gasteiger partial charge in [-0.05, 0) is 53.6 Å². The van der Waals surface area contributed by atoms with E-state index < -0.39 is 29.2 Å². The van der Waals surface area contributed by atoms with Crippen molar-refractivity contribution in [3.05, 3.63) is 106 Å². The summed E-state index contributed by atoms with van der Waals surface area (Å²) < 4.78 is 13.6. The topological polar surface area (TPSA) is 67.9 Å². The van der Waals surface area contributed by atoms with E-state index in [4.69, 9.17) is 11.6 Å². The molecule has 3 aromatic carbocycles. The van der Waals surface area contributed by atoms with Crippen LogP contribution in [0.4, 0.5) is 10.1 Å². The molecule has 3 atom stereocenters. The minimum atomic E-state index is -1.53. The van der Waals surface area contributed by atoms with Gasteiger partial charge in [-0.2, -0.15) is 10.5 Å². The van der Waals surface area contributed by atoms with Gasteiger partial charge in [0.25, 0.3) is 0 Å². The van der Waals surface area contributed by atoms with Crippen molar-refractivity contribution >= 4 is 29.1 Å². The van der Waals surface area contributed by atoms with E-state index in [1.165, 1.54) is 24.3 Å². The van der Waals surface area contributed by atoms with Crippen molar-refractivity contribution < 1.29 is 9.18 Å². The molecule has 0 amide bonds. The zero-order chi connectivity index (χ0) is 23.2. The second-order valence-electron chi connectivity index (χ2n) is 8.21. The summed E-state index contributed by atoms with van der Waals surface area (Å²) in [5.74, 6) is -1.49. The third-order valence-corrected chi connectivity index (χ3v) is 6.79. The molecule has 0 aliphatic carbocycles. The predicted octanol–water partition coefficient (Wildman–Crippen LogP) is 5.76. The zero-order valence-corrected chi connectivity index (χ0v) is 18.1. The Bertz CT molecular complexity index is 1340. The number of nitriles is 2. The van der Waals surface area contributed by atoms with Crippen LogP contribution in [0, 0.1) is 33.9 Å². The van der Waals surface area contributed by atoms with Gasteiger partial charge in [-0.3, -0.25) is 4.79 Å². The van der Waals surface area contributed by atoms with E-state index in [9.17, 15) is 19.7 Å². The number of benzene rings is 3. The lowest BCUT2D eigenvalue weighted by Crippen LogP contribution is -2.44. The molecule has 0 saturated carbocycles. The Morgan fingerprint density at radius 1 is 0.970 bits per heavy atom. The average molecular weight is 454 g/mol. The van der Waals surface area contributed by atoms with Crippen molar-refractivity contribution in [1.82, 2.24) is 0 Å². The second kappa shape index (κ2) is 7.89. The smallest absolute Gasteiger partial charge is 0.185 e. The van der Waals surface area contributed by atoms with E-state index in [1.54, 1.807) is 24.3 Å². The number of hydrogen-bond acceptors (Lipinski definition) is 4. The van der Waals surface area contributed by atoms with Crippen LogP contribution in [-0.4, -0.2) is 17.9 Å². The molecule has 0 N–H and O–H groups in total. The first kappa shape index (κ1) is 20.9. The van der Waals surface area contributed by atoms with Crippen molar-refractivity contribution in [3.8, 4) is 12.1 Å². The van der Waals surface area contributed by atoms with Crippen LogP contribution in [0.1, 0.15) is 27.4 Å². The molecule has 2 aliphatic heterocycles. The van der Waals surface area contributed by atoms with Crippen LogP contribution in [-0.2, 0) is 0 Å². The summed E-state index contributed by atoms with van der Waals surface area (Å²) in [4.78, 5) is 15.8. The summed E-state index contributed by atoms with van der Waals surface area (Å²) in [5, 5.41) is 21.3. The number of halogens is 2. The summed E-state index contributed by atoms with van der Waals surface area (Å²) in [5.41, 5.74) is 1.13. The number of ketones is 1. The molecule has 0 aromatic heterocycles. The lowest BCUT2D eigenvalue weighted by atomic mass is 9.69. The Balaban J connectivity index is 1.78. The van der Waals surface area contributed by atoms with Crippen molar-refractivity contribution in [1.29, 1.82) is 10.5 Å². The molecule has 6 heteroatoms. The average Bonchev–Trinajstić information content (AvgIpc) is 3.15. The number of carbonyl (C=O) groups excluding carboxylic acids is 1. The molecular formula is C27H17ClFN3O. The minimum absolute atomic E-state index is 0.280. The largest absolute Gasteiger partial charge is 0.351 e. The SMILES string of the molecule is N#CC1(C#N)[C@H](c2ccc(Cl)cc2)[C@@H](C(=O)c2ccc(F)cc2)N2c3ccccc3C=C[C@@H]21. The maximum absolute atomic E-state index is 14.0. The Morgan fingerprint density at radius 3 is 2.30 bits per heavy atom. The van der Waals surface area contributed by atoms with Gasteiger partial charge in [0.05, 0.1) is 18.2 Å². The molecule has 0 bridgehead atoms. The molecule has 3 aromatic rings. The monoisotopic (exact) mass is 453 g/mol. The quantitative estimate of drug-likeness (QED) is 0.472. The molecule has 0 spiro atoms. The summed E-state index contributed by atoms with van der Waals surface area (Å²) >= 11 is 6.10. The standard InChI is InChI=1S/C27H17ClFN3O/c28-20-10-5-18(6-11-20)24-25(26(33)19-7-12-21(29)13-8-19)32-22-4-2-1-3-17(22)9-14-23(32)27(24,15-30)16-31/h1-14,23-25H/t23-,24-,25+/m1/s1. The molecule has 0 unspecified atom stereocenters. The lowest BCUT2D eigenvalue weighted by Gasteiger charge is -2.35. The van der Waals surface area contributed by atoms with Crippen molar-refractivity contribution in [2.45, 2.75) is 18.0 Å². The number of para-hydroxylation sites is 1. The van der Waals surface area contributed by atoms with Crippen LogP contribution in [0.3, 0.4) is 0 Å². The Kier molecular flexibility index (Phi) is 5.01. The number of anilines is 1. The van der Waals surface area contributed by atoms with E-state index >= 15 is 0 Å². The third kappa shape index (κ3) is 3.13. The normalized spacial score (nSPS) is 22.1. The van der Waals surface area contributed by atoms with Gasteiger partial charge in [-0.25, -0.2) is 4.39 Å². The highest BCUT2D eigenvalue weighted by atomic mass is 35.5. The van der Waals surface area contributed by atoms with Gasteiger partial charge < -0.3 is 4.90 Å². The summed E-state index contributed by atoms with van der Waals surface area (Å²) in [7, 11) is 0. The highest BCUT2D eigenvalue weighted by Crippen LogP contribution is 2.55. The third-order valence-electron chi connectivity index (χ3n) is 6.54. The fourth-order valence-corrected chi connectivity index (χ4v) is 5.19. The number of nitrogens with zero attached hydrogens (tertiary/aromatic N) is 3. The van der Waals surface area contributed by atoms with Crippen LogP contribution in [0.2, 0.25) is 5.02 Å². The van der Waals surface area contributed by atoms with Crippen LogP contribution < -0.4 is 4.90 Å². The van der Waals surface area contributed by atoms with Crippen LogP contribution in [0.25, 0.3) is 6.08 Å². The Morgan fingerprint density at radius 2 is 1.64 bits per heavy atom. The van der Waals surface area contributed by atoms with Gasteiger partial charge in [-0.15, -0.1) is 0 Å². The minimum Gasteiger partial charge on any atom is -0.351 e. The van der Waals surface area contributed by atoms with Gasteiger partial charge >= 0.3 is 0 Å². The number of Topliss-reactive ketones (excluding diaryl/α,β-unsaturated/α-hetero) is 1. The first-order valence-corrected chi connectivity index (χ1v) is 10.8. The van der Waals surface area contributed by atoms with Crippen LogP contribution >= 0.6 is 11.6 Å². The first-order chi connectivity index (χ1) is 16.0. The number of carbonyl (C=O) groups is 1. The van der Waals surface area contributed by atoms with Crippen molar-refractivity contribution in [2.75, 3.05) is 4.90 Å².